The summed E-state index contributed by atoms with van der Waals surface area (Å²) in [7, 11) is 0. The number of hydrogen-bond donors (Lipinski definition) is 2. The van der Waals surface area contributed by atoms with E-state index < -0.39 is 42.1 Å². The van der Waals surface area contributed by atoms with Gasteiger partial charge in [-0.3, -0.25) is 4.79 Å². The molecule has 0 radical (unpaired) electrons. The second-order valence-corrected chi connectivity index (χ2v) is 8.83. The van der Waals surface area contributed by atoms with Gasteiger partial charge in [-0.15, -0.1) is 0 Å². The molecule has 2 N–H and O–H groups in total. The van der Waals surface area contributed by atoms with Crippen LogP contribution >= 0.6 is 0 Å². The largest absolute Gasteiger partial charge is 0.465 e. The first-order chi connectivity index (χ1) is 17.3. The molecule has 37 heavy (non-hydrogen) atoms. The summed E-state index contributed by atoms with van der Waals surface area (Å²) in [4.78, 5) is 24.9. The number of benzene rings is 2. The highest BCUT2D eigenvalue weighted by atomic mass is 19.4. The smallest absolute Gasteiger partial charge is 0.416 e. The maximum atomic E-state index is 13.1. The van der Waals surface area contributed by atoms with Crippen molar-refractivity contribution in [1.82, 2.24) is 10.2 Å². The van der Waals surface area contributed by atoms with Gasteiger partial charge in [-0.05, 0) is 42.2 Å². The number of carbonyl (C=O) groups excluding carboxylic acids is 1. The average molecular weight is 532 g/mol. The van der Waals surface area contributed by atoms with Crippen molar-refractivity contribution in [3.8, 4) is 0 Å². The number of ether oxygens (including phenoxy) is 1. The minimum Gasteiger partial charge on any atom is -0.465 e. The van der Waals surface area contributed by atoms with Crippen LogP contribution < -0.4 is 5.32 Å². The molecule has 0 aliphatic carbocycles. The fourth-order valence-corrected chi connectivity index (χ4v) is 4.12. The van der Waals surface area contributed by atoms with E-state index in [1.165, 1.54) is 4.90 Å². The number of alkyl halides is 6. The summed E-state index contributed by atoms with van der Waals surface area (Å²) in [6.45, 7) is 0.0563. The Labute approximate surface area is 209 Å². The van der Waals surface area contributed by atoms with Crippen LogP contribution in [0.1, 0.15) is 41.0 Å². The zero-order valence-electron chi connectivity index (χ0n) is 19.6. The van der Waals surface area contributed by atoms with Gasteiger partial charge in [0, 0.05) is 31.5 Å². The lowest BCUT2D eigenvalue weighted by atomic mass is 9.95. The molecule has 2 aromatic rings. The van der Waals surface area contributed by atoms with E-state index in [2.05, 4.69) is 5.32 Å². The molecule has 1 aliphatic heterocycles. The summed E-state index contributed by atoms with van der Waals surface area (Å²) in [6.07, 6.45) is -10.2. The third-order valence-electron chi connectivity index (χ3n) is 6.17. The van der Waals surface area contributed by atoms with Crippen molar-refractivity contribution < 1.29 is 45.8 Å². The summed E-state index contributed by atoms with van der Waals surface area (Å²) < 4.78 is 84.2. The van der Waals surface area contributed by atoms with Crippen LogP contribution in [0.5, 0.6) is 0 Å². The van der Waals surface area contributed by atoms with Crippen molar-refractivity contribution in [2.75, 3.05) is 26.2 Å². The van der Waals surface area contributed by atoms with Crippen LogP contribution in [0.25, 0.3) is 0 Å². The fourth-order valence-electron chi connectivity index (χ4n) is 4.12. The number of halogens is 6. The maximum absolute atomic E-state index is 13.1. The van der Waals surface area contributed by atoms with E-state index in [0.29, 0.717) is 25.0 Å². The van der Waals surface area contributed by atoms with Crippen LogP contribution in [0.15, 0.2) is 48.5 Å². The molecule has 1 aliphatic rings. The first-order valence-electron chi connectivity index (χ1n) is 11.5. The molecule has 2 aromatic carbocycles. The molecule has 1 fully saturated rings. The van der Waals surface area contributed by atoms with E-state index in [9.17, 15) is 35.9 Å². The fraction of sp³-hybridized carbons (Fsp3) is 0.440. The van der Waals surface area contributed by atoms with Gasteiger partial charge in [-0.25, -0.2) is 4.79 Å². The number of carboxylic acid groups (broad SMARTS) is 1. The molecule has 2 amide bonds. The van der Waals surface area contributed by atoms with Crippen molar-refractivity contribution in [2.24, 2.45) is 5.92 Å². The Morgan fingerprint density at radius 3 is 2.05 bits per heavy atom. The molecule has 1 atom stereocenters. The second kappa shape index (κ2) is 11.8. The van der Waals surface area contributed by atoms with Gasteiger partial charge in [0.15, 0.2) is 0 Å². The quantitative estimate of drug-likeness (QED) is 0.439. The minimum atomic E-state index is -4.95. The monoisotopic (exact) mass is 532 g/mol. The van der Waals surface area contributed by atoms with E-state index in [-0.39, 0.29) is 49.7 Å². The van der Waals surface area contributed by atoms with Gasteiger partial charge < -0.3 is 20.1 Å². The van der Waals surface area contributed by atoms with Gasteiger partial charge in [0.1, 0.15) is 0 Å². The first-order valence-corrected chi connectivity index (χ1v) is 11.5. The lowest BCUT2D eigenvalue weighted by Gasteiger charge is -2.29. The van der Waals surface area contributed by atoms with Crippen LogP contribution in [0, 0.1) is 5.92 Å². The van der Waals surface area contributed by atoms with Gasteiger partial charge in [0.2, 0.25) is 5.91 Å². The second-order valence-electron chi connectivity index (χ2n) is 8.83. The molecule has 1 saturated heterocycles. The molecule has 1 unspecified atom stereocenters. The lowest BCUT2D eigenvalue weighted by molar-refractivity contribution is -0.143. The Morgan fingerprint density at radius 2 is 1.54 bits per heavy atom. The van der Waals surface area contributed by atoms with E-state index in [0.717, 1.165) is 5.56 Å². The van der Waals surface area contributed by atoms with Gasteiger partial charge in [-0.1, -0.05) is 30.3 Å². The van der Waals surface area contributed by atoms with Gasteiger partial charge >= 0.3 is 18.4 Å². The lowest BCUT2D eigenvalue weighted by Crippen LogP contribution is -2.43. The predicted molar refractivity (Wildman–Crippen MR) is 121 cm³/mol. The number of rotatable bonds is 8. The maximum Gasteiger partial charge on any atom is 0.416 e. The highest BCUT2D eigenvalue weighted by molar-refractivity contribution is 5.79. The van der Waals surface area contributed by atoms with Crippen molar-refractivity contribution in [3.63, 3.8) is 0 Å². The molecule has 1 heterocycles. The SMILES string of the molecule is O=C(NCC(COCc1cc(C(F)(F)F)cc(C(F)(F)F)c1)c1ccccc1)C1CCN(C(=O)O)CC1. The Kier molecular flexibility index (Phi) is 9.06. The Balaban J connectivity index is 1.64. The van der Waals surface area contributed by atoms with E-state index in [4.69, 9.17) is 9.84 Å². The summed E-state index contributed by atoms with van der Waals surface area (Å²) >= 11 is 0. The van der Waals surface area contributed by atoms with E-state index in [1.54, 1.807) is 30.3 Å². The molecular weight excluding hydrogens is 506 g/mol. The number of piperidine rings is 1. The molecule has 6 nitrogen and oxygen atoms in total. The Bertz CT molecular complexity index is 1030. The first kappa shape index (κ1) is 28.3. The zero-order valence-corrected chi connectivity index (χ0v) is 19.6. The molecular formula is C25H26F6N2O4. The van der Waals surface area contributed by atoms with Crippen LogP contribution in [-0.4, -0.2) is 48.2 Å². The third kappa shape index (κ3) is 8.11. The van der Waals surface area contributed by atoms with Crippen LogP contribution in [0.4, 0.5) is 31.1 Å². The van der Waals surface area contributed by atoms with Crippen molar-refractivity contribution in [1.29, 1.82) is 0 Å². The van der Waals surface area contributed by atoms with Crippen molar-refractivity contribution >= 4 is 12.0 Å². The Hall–Kier alpha value is -3.28. The number of nitrogens with zero attached hydrogens (tertiary/aromatic N) is 1. The van der Waals surface area contributed by atoms with Crippen molar-refractivity contribution in [2.45, 2.75) is 37.7 Å². The van der Waals surface area contributed by atoms with E-state index in [1.807, 2.05) is 0 Å². The minimum absolute atomic E-state index is 0.0623. The predicted octanol–water partition coefficient (Wildman–Crippen LogP) is 5.53. The normalized spacial score (nSPS) is 15.9. The summed E-state index contributed by atoms with van der Waals surface area (Å²) in [6, 6.07) is 10.2. The summed E-state index contributed by atoms with van der Waals surface area (Å²) in [5.41, 5.74) is -2.34. The highest BCUT2D eigenvalue weighted by Gasteiger charge is 2.37. The molecule has 12 heteroatoms. The molecule has 0 spiro atoms. The number of likely N-dealkylation sites (tertiary alicyclic amines) is 1. The number of carbonyl (C=O) groups is 2. The number of amides is 2. The number of hydrogen-bond acceptors (Lipinski definition) is 3. The van der Waals surface area contributed by atoms with Gasteiger partial charge in [0.05, 0.1) is 24.3 Å². The molecule has 0 saturated carbocycles. The summed E-state index contributed by atoms with van der Waals surface area (Å²) in [5.74, 6) is -1.03. The average Bonchev–Trinajstić information content (AvgIpc) is 2.85. The third-order valence-corrected chi connectivity index (χ3v) is 6.17. The molecule has 0 aromatic heterocycles. The molecule has 202 valence electrons. The van der Waals surface area contributed by atoms with Crippen molar-refractivity contribution in [3.05, 3.63) is 70.8 Å². The standard InChI is InChI=1S/C25H26F6N2O4/c26-24(27,28)20-10-16(11-21(12-20)25(29,30)31)14-37-15-19(17-4-2-1-3-5-17)13-32-22(34)18-6-8-33(9-7-18)23(35)36/h1-5,10-12,18-19H,6-9,13-15H2,(H,32,34)(H,35,36). The molecule has 3 rings (SSSR count). The summed E-state index contributed by atoms with van der Waals surface area (Å²) in [5, 5.41) is 11.9. The number of nitrogens with one attached hydrogen (secondary N) is 1. The zero-order chi connectivity index (χ0) is 27.2. The highest BCUT2D eigenvalue weighted by Crippen LogP contribution is 2.36. The van der Waals surface area contributed by atoms with Crippen LogP contribution in [0.2, 0.25) is 0 Å². The topological polar surface area (TPSA) is 78.9 Å². The van der Waals surface area contributed by atoms with Crippen LogP contribution in [-0.2, 0) is 28.5 Å². The Morgan fingerprint density at radius 1 is 0.973 bits per heavy atom. The van der Waals surface area contributed by atoms with Crippen LogP contribution in [0.3, 0.4) is 0 Å². The van der Waals surface area contributed by atoms with Gasteiger partial charge in [-0.2, -0.15) is 26.3 Å². The van der Waals surface area contributed by atoms with E-state index >= 15 is 0 Å². The molecule has 0 bridgehead atoms. The van der Waals surface area contributed by atoms with Gasteiger partial charge in [0.25, 0.3) is 0 Å².